The molecular formula is C4H13NO4Se. The third-order valence-electron chi connectivity index (χ3n) is 0. The molecule has 1 N–H and O–H groups in total. The first kappa shape index (κ1) is 12.7. The maximum atomic E-state index is 8.70. The molecule has 0 saturated carbocycles. The predicted octanol–water partition coefficient (Wildman–Crippen LogP) is -2.04. The molecule has 0 aromatic heterocycles. The molecule has 0 amide bonds. The third kappa shape index (κ3) is 1450000000. The van der Waals surface area contributed by atoms with Gasteiger partial charge >= 0.3 is 29.4 Å². The first-order valence-electron chi connectivity index (χ1n) is 2.47. The molecule has 0 aliphatic heterocycles. The van der Waals surface area contributed by atoms with Crippen molar-refractivity contribution < 1.29 is 20.5 Å². The van der Waals surface area contributed by atoms with Gasteiger partial charge in [0.05, 0.1) is 28.2 Å². The molecular weight excluding hydrogens is 205 g/mol. The molecule has 0 atom stereocenters. The van der Waals surface area contributed by atoms with Gasteiger partial charge in [0.1, 0.15) is 0 Å². The molecule has 0 aliphatic carbocycles. The second-order valence-electron chi connectivity index (χ2n) is 3.11. The SMILES string of the molecule is C[N+](C)(C)C.O=[Se](=O)([O-])O. The van der Waals surface area contributed by atoms with Crippen LogP contribution < -0.4 is 4.19 Å². The Morgan fingerprint density at radius 1 is 1.20 bits per heavy atom. The summed E-state index contributed by atoms with van der Waals surface area (Å²) in [6.45, 7) is 0. The Balaban J connectivity index is 0. The molecule has 0 aromatic carbocycles. The van der Waals surface area contributed by atoms with Crippen LogP contribution in [0.5, 0.6) is 0 Å². The zero-order valence-electron chi connectivity index (χ0n) is 6.53. The number of hydrogen-bond acceptors (Lipinski definition) is 3. The maximum absolute atomic E-state index is 8.70. The normalized spacial score (nSPS) is 11.8. The van der Waals surface area contributed by atoms with Gasteiger partial charge in [-0.05, 0) is 0 Å². The quantitative estimate of drug-likeness (QED) is 0.375. The fourth-order valence-electron chi connectivity index (χ4n) is 0. The van der Waals surface area contributed by atoms with Gasteiger partial charge in [-0.3, -0.25) is 0 Å². The molecule has 0 radical (unpaired) electrons. The van der Waals surface area contributed by atoms with Crippen molar-refractivity contribution in [3.63, 3.8) is 0 Å². The van der Waals surface area contributed by atoms with E-state index in [1.165, 1.54) is 0 Å². The van der Waals surface area contributed by atoms with E-state index < -0.39 is 13.4 Å². The van der Waals surface area contributed by atoms with E-state index >= 15 is 0 Å². The van der Waals surface area contributed by atoms with E-state index in [1.54, 1.807) is 0 Å². The van der Waals surface area contributed by atoms with Crippen LogP contribution in [0.4, 0.5) is 0 Å². The van der Waals surface area contributed by atoms with Crippen LogP contribution in [0.3, 0.4) is 0 Å². The van der Waals surface area contributed by atoms with E-state index in [4.69, 9.17) is 16.0 Å². The number of quaternary nitrogens is 1. The number of rotatable bonds is 0. The van der Waals surface area contributed by atoms with Crippen LogP contribution in [-0.2, 0) is 7.67 Å². The fraction of sp³-hybridized carbons (Fsp3) is 1.00. The van der Waals surface area contributed by atoms with Crippen molar-refractivity contribution in [3.8, 4) is 0 Å². The van der Waals surface area contributed by atoms with E-state index in [2.05, 4.69) is 28.2 Å². The third-order valence-corrected chi connectivity index (χ3v) is 0. The van der Waals surface area contributed by atoms with E-state index in [1.807, 2.05) is 0 Å². The van der Waals surface area contributed by atoms with Crippen LogP contribution in [0.25, 0.3) is 0 Å². The van der Waals surface area contributed by atoms with E-state index in [9.17, 15) is 0 Å². The molecule has 0 saturated heterocycles. The molecule has 0 heterocycles. The van der Waals surface area contributed by atoms with Crippen molar-refractivity contribution in [1.82, 2.24) is 0 Å². The van der Waals surface area contributed by atoms with Crippen molar-refractivity contribution in [2.75, 3.05) is 28.2 Å². The summed E-state index contributed by atoms with van der Waals surface area (Å²) in [4.78, 5) is 0. The van der Waals surface area contributed by atoms with Crippen LogP contribution >= 0.6 is 0 Å². The van der Waals surface area contributed by atoms with Crippen LogP contribution in [-0.4, -0.2) is 50.2 Å². The monoisotopic (exact) mass is 219 g/mol. The van der Waals surface area contributed by atoms with Gasteiger partial charge in [0.25, 0.3) is 0 Å². The Bertz CT molecular complexity index is 152. The molecule has 0 bridgehead atoms. The number of nitrogens with zero attached hydrogens (tertiary/aromatic N) is 1. The molecule has 0 aliphatic rings. The average molecular weight is 218 g/mol. The van der Waals surface area contributed by atoms with Gasteiger partial charge in [0.2, 0.25) is 0 Å². The Labute approximate surface area is 62.8 Å². The summed E-state index contributed by atoms with van der Waals surface area (Å²) >= 11 is -5.50. The van der Waals surface area contributed by atoms with Crippen molar-refractivity contribution in [3.05, 3.63) is 0 Å². The van der Waals surface area contributed by atoms with Crippen LogP contribution in [0.2, 0.25) is 0 Å². The fourth-order valence-corrected chi connectivity index (χ4v) is 0. The van der Waals surface area contributed by atoms with Crippen LogP contribution in [0, 0.1) is 0 Å². The summed E-state index contributed by atoms with van der Waals surface area (Å²) in [5.41, 5.74) is 0. The second kappa shape index (κ2) is 4.00. The van der Waals surface area contributed by atoms with E-state index in [0.29, 0.717) is 0 Å². The van der Waals surface area contributed by atoms with Gasteiger partial charge in [-0.15, -0.1) is 0 Å². The molecule has 0 spiro atoms. The standard InChI is InChI=1S/C4H12N.H2O4Se/c2*1-5(2,3)4/h1-4H3;(H2,1,2,3,4)/q+1;/p-1. The number of hydrogen-bond donors (Lipinski definition) is 1. The van der Waals surface area contributed by atoms with Gasteiger partial charge < -0.3 is 4.48 Å². The molecule has 0 aromatic rings. The summed E-state index contributed by atoms with van der Waals surface area (Å²) in [7, 11) is 8.50. The second-order valence-corrected chi connectivity index (χ2v) is 4.91. The minimum atomic E-state index is -5.50. The van der Waals surface area contributed by atoms with E-state index in [0.717, 1.165) is 4.48 Å². The molecule has 64 valence electrons. The Kier molecular flexibility index (Phi) is 5.06. The molecule has 0 unspecified atom stereocenters. The van der Waals surface area contributed by atoms with E-state index in [-0.39, 0.29) is 0 Å². The first-order valence-corrected chi connectivity index (χ1v) is 5.34. The summed E-state index contributed by atoms with van der Waals surface area (Å²) < 4.78 is 34.1. The Morgan fingerprint density at radius 2 is 1.20 bits per heavy atom. The molecule has 0 fully saturated rings. The van der Waals surface area contributed by atoms with Gasteiger partial charge in [-0.25, -0.2) is 0 Å². The Hall–Kier alpha value is -0.000519. The molecule has 5 nitrogen and oxygen atoms in total. The van der Waals surface area contributed by atoms with Crippen LogP contribution in [0.1, 0.15) is 0 Å². The van der Waals surface area contributed by atoms with Crippen LogP contribution in [0.15, 0.2) is 0 Å². The minimum absolute atomic E-state index is 1.00. The molecule has 10 heavy (non-hydrogen) atoms. The summed E-state index contributed by atoms with van der Waals surface area (Å²) in [6, 6.07) is 0. The molecule has 6 heteroatoms. The van der Waals surface area contributed by atoms with Gasteiger partial charge in [0.15, 0.2) is 0 Å². The molecule has 0 rings (SSSR count). The van der Waals surface area contributed by atoms with Crippen molar-refractivity contribution in [2.45, 2.75) is 0 Å². The van der Waals surface area contributed by atoms with Gasteiger partial charge in [0, 0.05) is 0 Å². The van der Waals surface area contributed by atoms with Gasteiger partial charge in [-0.2, -0.15) is 0 Å². The van der Waals surface area contributed by atoms with Crippen molar-refractivity contribution in [2.24, 2.45) is 0 Å². The summed E-state index contributed by atoms with van der Waals surface area (Å²) in [5, 5.41) is 0. The zero-order valence-corrected chi connectivity index (χ0v) is 8.24. The predicted molar refractivity (Wildman–Crippen MR) is 33.3 cm³/mol. The summed E-state index contributed by atoms with van der Waals surface area (Å²) in [6.07, 6.45) is 0. The Morgan fingerprint density at radius 3 is 1.20 bits per heavy atom. The van der Waals surface area contributed by atoms with Crippen molar-refractivity contribution >= 4 is 13.4 Å². The zero-order chi connectivity index (χ0) is 9.00. The topological polar surface area (TPSA) is 77.4 Å². The average Bonchev–Trinajstić information content (AvgIpc) is 1.12. The van der Waals surface area contributed by atoms with Crippen molar-refractivity contribution in [1.29, 1.82) is 0 Å². The summed E-state index contributed by atoms with van der Waals surface area (Å²) in [5.74, 6) is 0. The van der Waals surface area contributed by atoms with Gasteiger partial charge in [-0.1, -0.05) is 0 Å². The first-order chi connectivity index (χ1) is 4.00.